The molecule has 6 heteroatoms. The zero-order chi connectivity index (χ0) is 19.6. The number of benzene rings is 2. The summed E-state index contributed by atoms with van der Waals surface area (Å²) in [5.74, 6) is -0.355. The van der Waals surface area contributed by atoms with E-state index >= 15 is 0 Å². The monoisotopic (exact) mass is 384 g/mol. The van der Waals surface area contributed by atoms with Gasteiger partial charge < -0.3 is 5.32 Å². The van der Waals surface area contributed by atoms with Crippen LogP contribution in [0.1, 0.15) is 28.7 Å². The Morgan fingerprint density at radius 1 is 1.07 bits per heavy atom. The second-order valence-corrected chi connectivity index (χ2v) is 8.96. The molecule has 0 unspecified atom stereocenters. The summed E-state index contributed by atoms with van der Waals surface area (Å²) in [5.41, 5.74) is 4.82. The number of carbonyl (C=O) groups is 1. The van der Waals surface area contributed by atoms with Crippen LogP contribution in [0.15, 0.2) is 47.4 Å². The summed E-state index contributed by atoms with van der Waals surface area (Å²) in [7, 11) is -2.23. The number of carbonyl (C=O) groups excluding carboxylic acids is 1. The summed E-state index contributed by atoms with van der Waals surface area (Å²) in [6.45, 7) is 3.67. The van der Waals surface area contributed by atoms with Crippen LogP contribution in [0.4, 0.5) is 5.69 Å². The average molecular weight is 385 g/mol. The van der Waals surface area contributed by atoms with Gasteiger partial charge in [-0.15, -0.1) is 0 Å². The smallest absolute Gasteiger partial charge is 0.239 e. The maximum atomic E-state index is 12.9. The number of hydrogen-bond acceptors (Lipinski definition) is 3. The molecule has 5 nitrogen and oxygen atoms in total. The van der Waals surface area contributed by atoms with Gasteiger partial charge in [-0.2, -0.15) is 4.31 Å². The van der Waals surface area contributed by atoms with Crippen LogP contribution >= 0.6 is 0 Å². The molecule has 2 aromatic rings. The number of fused-ring (bicyclic) bond motifs is 1. The van der Waals surface area contributed by atoms with Crippen molar-refractivity contribution in [2.45, 2.75) is 26.7 Å². The third-order valence-corrected chi connectivity index (χ3v) is 6.93. The van der Waals surface area contributed by atoms with Crippen LogP contribution < -0.4 is 5.32 Å². The first kappa shape index (κ1) is 19.3. The Morgan fingerprint density at radius 3 is 2.59 bits per heavy atom. The Balaban J connectivity index is 1.73. The van der Waals surface area contributed by atoms with Crippen molar-refractivity contribution >= 4 is 27.7 Å². The van der Waals surface area contributed by atoms with Gasteiger partial charge in [-0.05, 0) is 61.1 Å². The van der Waals surface area contributed by atoms with Gasteiger partial charge in [0.1, 0.15) is 0 Å². The van der Waals surface area contributed by atoms with Crippen molar-refractivity contribution in [3.63, 3.8) is 0 Å². The van der Waals surface area contributed by atoms with Crippen LogP contribution in [0.2, 0.25) is 0 Å². The van der Waals surface area contributed by atoms with Crippen molar-refractivity contribution in [1.29, 1.82) is 0 Å². The first-order valence-electron chi connectivity index (χ1n) is 8.90. The zero-order valence-electron chi connectivity index (χ0n) is 15.8. The standard InChI is InChI=1S/C21H24N2O3S/c1-15-7-6-10-20(16(15)2)22-21(24)14-23(3)27(25,26)19-12-11-17-8-4-5-9-18(17)13-19/h4-10,13H,11-12,14H2,1-3H3,(H,22,24). The van der Waals surface area contributed by atoms with Gasteiger partial charge in [0.25, 0.3) is 0 Å². The Bertz CT molecular complexity index is 1010. The first-order chi connectivity index (χ1) is 12.8. The lowest BCUT2D eigenvalue weighted by molar-refractivity contribution is -0.116. The molecule has 3 rings (SSSR count). The molecule has 0 saturated heterocycles. The van der Waals surface area contributed by atoms with Gasteiger partial charge in [-0.3, -0.25) is 4.79 Å². The molecule has 0 radical (unpaired) electrons. The molecule has 0 fully saturated rings. The molecular formula is C21H24N2O3S. The first-order valence-corrected chi connectivity index (χ1v) is 10.3. The topological polar surface area (TPSA) is 66.5 Å². The highest BCUT2D eigenvalue weighted by atomic mass is 32.2. The van der Waals surface area contributed by atoms with Crippen LogP contribution in [0.25, 0.3) is 6.08 Å². The predicted molar refractivity (Wildman–Crippen MR) is 109 cm³/mol. The second-order valence-electron chi connectivity index (χ2n) is 6.87. The van der Waals surface area contributed by atoms with Crippen LogP contribution in [-0.4, -0.2) is 32.2 Å². The van der Waals surface area contributed by atoms with Gasteiger partial charge >= 0.3 is 0 Å². The van der Waals surface area contributed by atoms with Crippen molar-refractivity contribution < 1.29 is 13.2 Å². The van der Waals surface area contributed by atoms with Gasteiger partial charge in [0.05, 0.1) is 11.4 Å². The lowest BCUT2D eigenvalue weighted by Crippen LogP contribution is -2.36. The van der Waals surface area contributed by atoms with Crippen LogP contribution in [0.5, 0.6) is 0 Å². The minimum Gasteiger partial charge on any atom is -0.325 e. The molecule has 0 aliphatic heterocycles. The van der Waals surface area contributed by atoms with Crippen LogP contribution in [-0.2, 0) is 21.2 Å². The maximum absolute atomic E-state index is 12.9. The highest BCUT2D eigenvalue weighted by Crippen LogP contribution is 2.28. The minimum atomic E-state index is -3.68. The van der Waals surface area contributed by atoms with E-state index in [9.17, 15) is 13.2 Å². The summed E-state index contributed by atoms with van der Waals surface area (Å²) in [5, 5.41) is 2.81. The highest BCUT2D eigenvalue weighted by molar-refractivity contribution is 7.93. The Hall–Kier alpha value is -2.44. The molecule has 2 aromatic carbocycles. The largest absolute Gasteiger partial charge is 0.325 e. The van der Waals surface area contributed by atoms with Gasteiger partial charge in [-0.1, -0.05) is 36.4 Å². The molecule has 0 saturated carbocycles. The number of nitrogens with one attached hydrogen (secondary N) is 1. The number of anilines is 1. The molecule has 0 heterocycles. The summed E-state index contributed by atoms with van der Waals surface area (Å²) < 4.78 is 26.9. The van der Waals surface area contributed by atoms with E-state index in [4.69, 9.17) is 0 Å². The molecule has 0 spiro atoms. The number of aryl methyl sites for hydroxylation is 2. The van der Waals surface area contributed by atoms with E-state index in [0.717, 1.165) is 26.6 Å². The van der Waals surface area contributed by atoms with Gasteiger partial charge in [0.2, 0.25) is 15.9 Å². The van der Waals surface area contributed by atoms with Crippen molar-refractivity contribution in [3.05, 3.63) is 69.6 Å². The third-order valence-electron chi connectivity index (χ3n) is 5.00. The third kappa shape index (κ3) is 4.12. The van der Waals surface area contributed by atoms with Gasteiger partial charge in [-0.25, -0.2) is 8.42 Å². The van der Waals surface area contributed by atoms with Crippen molar-refractivity contribution in [1.82, 2.24) is 4.31 Å². The maximum Gasteiger partial charge on any atom is 0.239 e. The van der Waals surface area contributed by atoms with Crippen molar-refractivity contribution in [2.75, 3.05) is 18.9 Å². The number of rotatable bonds is 5. The fourth-order valence-corrected chi connectivity index (χ4v) is 4.50. The van der Waals surface area contributed by atoms with Gasteiger partial charge in [0, 0.05) is 12.7 Å². The number of amides is 1. The Morgan fingerprint density at radius 2 is 1.81 bits per heavy atom. The molecule has 0 bridgehead atoms. The van der Waals surface area contributed by atoms with E-state index < -0.39 is 10.0 Å². The number of hydrogen-bond donors (Lipinski definition) is 1. The van der Waals surface area contributed by atoms with Crippen LogP contribution in [0.3, 0.4) is 0 Å². The van der Waals surface area contributed by atoms with Crippen LogP contribution in [0, 0.1) is 13.8 Å². The van der Waals surface area contributed by atoms with E-state index in [0.29, 0.717) is 23.4 Å². The molecule has 1 aliphatic carbocycles. The SMILES string of the molecule is Cc1cccc(NC(=O)CN(C)S(=O)(=O)C2=Cc3ccccc3CC2)c1C. The second kappa shape index (κ2) is 7.66. The molecule has 1 aliphatic rings. The summed E-state index contributed by atoms with van der Waals surface area (Å²) in [6, 6.07) is 13.4. The van der Waals surface area contributed by atoms with E-state index in [1.165, 1.54) is 7.05 Å². The molecule has 1 N–H and O–H groups in total. The lowest BCUT2D eigenvalue weighted by Gasteiger charge is -2.22. The van der Waals surface area contributed by atoms with E-state index in [1.807, 2.05) is 56.3 Å². The van der Waals surface area contributed by atoms with E-state index in [2.05, 4.69) is 5.32 Å². The number of sulfonamides is 1. The zero-order valence-corrected chi connectivity index (χ0v) is 16.6. The molecule has 1 amide bonds. The van der Waals surface area contributed by atoms with Crippen molar-refractivity contribution in [3.8, 4) is 0 Å². The Labute approximate surface area is 160 Å². The van der Waals surface area contributed by atoms with Gasteiger partial charge in [0.15, 0.2) is 0 Å². The molecule has 27 heavy (non-hydrogen) atoms. The predicted octanol–water partition coefficient (Wildman–Crippen LogP) is 3.49. The minimum absolute atomic E-state index is 0.227. The lowest BCUT2D eigenvalue weighted by atomic mass is 9.98. The van der Waals surface area contributed by atoms with Crippen molar-refractivity contribution in [2.24, 2.45) is 0 Å². The summed E-state index contributed by atoms with van der Waals surface area (Å²) in [4.78, 5) is 12.7. The molecule has 0 atom stereocenters. The quantitative estimate of drug-likeness (QED) is 0.858. The fourth-order valence-electron chi connectivity index (χ4n) is 3.17. The normalized spacial score (nSPS) is 13.9. The summed E-state index contributed by atoms with van der Waals surface area (Å²) >= 11 is 0. The molecular weight excluding hydrogens is 360 g/mol. The number of allylic oxidation sites excluding steroid dienone is 1. The van der Waals surface area contributed by atoms with E-state index in [-0.39, 0.29) is 12.5 Å². The molecule has 0 aromatic heterocycles. The van der Waals surface area contributed by atoms with E-state index in [1.54, 1.807) is 6.08 Å². The average Bonchev–Trinajstić information content (AvgIpc) is 2.65. The number of nitrogens with zero attached hydrogens (tertiary/aromatic N) is 1. The highest BCUT2D eigenvalue weighted by Gasteiger charge is 2.27. The fraction of sp³-hybridized carbons (Fsp3) is 0.286. The number of likely N-dealkylation sites (N-methyl/N-ethyl adjacent to an activating group) is 1. The summed E-state index contributed by atoms with van der Waals surface area (Å²) in [6.07, 6.45) is 2.85. The molecule has 142 valence electrons. The Kier molecular flexibility index (Phi) is 5.48.